The van der Waals surface area contributed by atoms with Crippen molar-refractivity contribution in [1.29, 1.82) is 0 Å². The minimum absolute atomic E-state index is 0.345. The Kier molecular flexibility index (Phi) is 7.43. The van der Waals surface area contributed by atoms with Crippen molar-refractivity contribution in [1.82, 2.24) is 10.9 Å². The summed E-state index contributed by atoms with van der Waals surface area (Å²) in [6.07, 6.45) is 3.44. The maximum absolute atomic E-state index is 12.2. The summed E-state index contributed by atoms with van der Waals surface area (Å²) in [5.74, 6) is -1.80. The zero-order valence-electron chi connectivity index (χ0n) is 15.8. The number of rotatable bonds is 7. The van der Waals surface area contributed by atoms with Gasteiger partial charge in [-0.3, -0.25) is 9.59 Å². The lowest BCUT2D eigenvalue weighted by molar-refractivity contribution is -0.135. The number of amides is 2. The molecule has 0 saturated heterocycles. The van der Waals surface area contributed by atoms with Crippen LogP contribution in [0.5, 0.6) is 0 Å². The molecule has 2 aromatic carbocycles. The van der Waals surface area contributed by atoms with Crippen LogP contribution in [0.2, 0.25) is 0 Å². The lowest BCUT2D eigenvalue weighted by Crippen LogP contribution is -2.37. The van der Waals surface area contributed by atoms with Crippen LogP contribution in [0.3, 0.4) is 0 Å². The van der Waals surface area contributed by atoms with Gasteiger partial charge in [-0.1, -0.05) is 66.6 Å². The first-order valence-electron chi connectivity index (χ1n) is 8.78. The molecule has 0 bridgehead atoms. The number of carbonyl (C=O) groups excluding carboxylic acids is 2. The molecular weight excluding hydrogens is 340 g/mol. The zero-order chi connectivity index (χ0) is 19.6. The summed E-state index contributed by atoms with van der Waals surface area (Å²) in [6, 6.07) is 15.4. The van der Waals surface area contributed by atoms with Crippen LogP contribution in [0.15, 0.2) is 58.7 Å². The first-order chi connectivity index (χ1) is 13.0. The lowest BCUT2D eigenvalue weighted by atomic mass is 10.1. The number of nitrogens with one attached hydrogen (secondary N) is 2. The highest BCUT2D eigenvalue weighted by molar-refractivity contribution is 6.00. The first kappa shape index (κ1) is 20.0. The van der Waals surface area contributed by atoms with Gasteiger partial charge in [0.2, 0.25) is 0 Å². The lowest BCUT2D eigenvalue weighted by Gasteiger charge is -2.10. The van der Waals surface area contributed by atoms with E-state index in [1.807, 2.05) is 62.4 Å². The van der Waals surface area contributed by atoms with E-state index in [-0.39, 0.29) is 0 Å². The fraction of sp³-hybridized carbons (Fsp3) is 0.238. The molecule has 0 aromatic heterocycles. The second-order valence-corrected chi connectivity index (χ2v) is 6.26. The quantitative estimate of drug-likeness (QED) is 0.450. The Hall–Kier alpha value is -3.28. The Morgan fingerprint density at radius 2 is 1.33 bits per heavy atom. The maximum Gasteiger partial charge on any atom is 0.252 e. The Morgan fingerprint density at radius 3 is 1.70 bits per heavy atom. The second-order valence-electron chi connectivity index (χ2n) is 6.26. The van der Waals surface area contributed by atoms with Gasteiger partial charge < -0.3 is 0 Å². The number of hydrazone groups is 2. The molecule has 0 unspecified atom stereocenters. The minimum Gasteiger partial charge on any atom is -0.272 e. The van der Waals surface area contributed by atoms with Crippen molar-refractivity contribution >= 4 is 24.2 Å². The van der Waals surface area contributed by atoms with E-state index in [2.05, 4.69) is 21.1 Å². The summed E-state index contributed by atoms with van der Waals surface area (Å²) < 4.78 is 0. The number of hydrogen-bond acceptors (Lipinski definition) is 4. The summed E-state index contributed by atoms with van der Waals surface area (Å²) >= 11 is 0. The van der Waals surface area contributed by atoms with Crippen LogP contribution in [0.4, 0.5) is 0 Å². The van der Waals surface area contributed by atoms with E-state index in [0.717, 1.165) is 22.3 Å². The van der Waals surface area contributed by atoms with Gasteiger partial charge in [-0.25, -0.2) is 10.9 Å². The zero-order valence-corrected chi connectivity index (χ0v) is 15.8. The third-order valence-corrected chi connectivity index (χ3v) is 3.90. The van der Waals surface area contributed by atoms with Gasteiger partial charge in [0.1, 0.15) is 5.92 Å². The predicted octanol–water partition coefficient (Wildman–Crippen LogP) is 2.93. The first-order valence-corrected chi connectivity index (χ1v) is 8.78. The molecule has 2 aromatic rings. The van der Waals surface area contributed by atoms with Crippen molar-refractivity contribution in [3.63, 3.8) is 0 Å². The van der Waals surface area contributed by atoms with Gasteiger partial charge in [-0.2, -0.15) is 10.2 Å². The van der Waals surface area contributed by atoms with E-state index in [9.17, 15) is 9.59 Å². The highest BCUT2D eigenvalue weighted by Gasteiger charge is 2.24. The molecule has 0 heterocycles. The van der Waals surface area contributed by atoms with E-state index < -0.39 is 17.7 Å². The molecule has 27 heavy (non-hydrogen) atoms. The Bertz CT molecular complexity index is 789. The predicted molar refractivity (Wildman–Crippen MR) is 108 cm³/mol. The van der Waals surface area contributed by atoms with Gasteiger partial charge in [0.15, 0.2) is 0 Å². The Morgan fingerprint density at radius 1 is 0.889 bits per heavy atom. The van der Waals surface area contributed by atoms with Crippen molar-refractivity contribution in [2.24, 2.45) is 16.1 Å². The molecule has 6 nitrogen and oxygen atoms in total. The van der Waals surface area contributed by atoms with Crippen molar-refractivity contribution in [2.75, 3.05) is 0 Å². The van der Waals surface area contributed by atoms with Crippen LogP contribution in [0.25, 0.3) is 0 Å². The molecule has 0 aliphatic carbocycles. The summed E-state index contributed by atoms with van der Waals surface area (Å²) in [6.45, 7) is 5.72. The van der Waals surface area contributed by atoms with Crippen LogP contribution >= 0.6 is 0 Å². The van der Waals surface area contributed by atoms with Crippen molar-refractivity contribution in [2.45, 2.75) is 27.2 Å². The summed E-state index contributed by atoms with van der Waals surface area (Å²) in [4.78, 5) is 24.4. The van der Waals surface area contributed by atoms with E-state index >= 15 is 0 Å². The average Bonchev–Trinajstić information content (AvgIpc) is 2.62. The highest BCUT2D eigenvalue weighted by atomic mass is 16.2. The number of aryl methyl sites for hydroxylation is 2. The topological polar surface area (TPSA) is 82.9 Å². The molecule has 6 heteroatoms. The SMILES string of the molecule is CCC(C(=O)N/N=C/c1cccc(C)c1)C(=O)N/N=C/c1cccc(C)c1. The Balaban J connectivity index is 1.90. The third-order valence-electron chi connectivity index (χ3n) is 3.90. The fourth-order valence-electron chi connectivity index (χ4n) is 2.49. The van der Waals surface area contributed by atoms with E-state index in [1.54, 1.807) is 19.4 Å². The van der Waals surface area contributed by atoms with E-state index in [0.29, 0.717) is 6.42 Å². The number of carbonyl (C=O) groups is 2. The second kappa shape index (κ2) is 10.0. The minimum atomic E-state index is -0.866. The molecule has 0 radical (unpaired) electrons. The van der Waals surface area contributed by atoms with Gasteiger partial charge in [0, 0.05) is 0 Å². The molecule has 0 saturated carbocycles. The maximum atomic E-state index is 12.2. The third kappa shape index (κ3) is 6.51. The number of hydrogen-bond donors (Lipinski definition) is 2. The van der Waals surface area contributed by atoms with Crippen LogP contribution in [-0.2, 0) is 9.59 Å². The largest absolute Gasteiger partial charge is 0.272 e. The molecule has 0 aliphatic heterocycles. The van der Waals surface area contributed by atoms with E-state index in [4.69, 9.17) is 0 Å². The Labute approximate surface area is 159 Å². The highest BCUT2D eigenvalue weighted by Crippen LogP contribution is 2.04. The normalized spacial score (nSPS) is 11.3. The monoisotopic (exact) mass is 364 g/mol. The molecule has 0 fully saturated rings. The van der Waals surface area contributed by atoms with Crippen molar-refractivity contribution in [3.8, 4) is 0 Å². The molecular formula is C21H24N4O2. The summed E-state index contributed by atoms with van der Waals surface area (Å²) in [5.41, 5.74) is 8.77. The fourth-order valence-corrected chi connectivity index (χ4v) is 2.49. The molecule has 2 rings (SSSR count). The van der Waals surface area contributed by atoms with Gasteiger partial charge in [0.05, 0.1) is 12.4 Å². The van der Waals surface area contributed by atoms with Gasteiger partial charge >= 0.3 is 0 Å². The van der Waals surface area contributed by atoms with Crippen LogP contribution in [-0.4, -0.2) is 24.2 Å². The van der Waals surface area contributed by atoms with Crippen molar-refractivity contribution in [3.05, 3.63) is 70.8 Å². The molecule has 0 spiro atoms. The van der Waals surface area contributed by atoms with Crippen LogP contribution < -0.4 is 10.9 Å². The molecule has 2 amide bonds. The number of nitrogens with zero attached hydrogens (tertiary/aromatic N) is 2. The van der Waals surface area contributed by atoms with Gasteiger partial charge in [0.25, 0.3) is 11.8 Å². The number of benzene rings is 2. The van der Waals surface area contributed by atoms with Crippen LogP contribution in [0.1, 0.15) is 35.6 Å². The standard InChI is InChI=1S/C21H24N4O2/c1-4-19(20(26)24-22-13-17-9-5-7-15(2)11-17)21(27)25-23-14-18-10-6-8-16(3)12-18/h5-14,19H,4H2,1-3H3,(H,24,26)(H,25,27)/b22-13+,23-14+. The average molecular weight is 364 g/mol. The summed E-state index contributed by atoms with van der Waals surface area (Å²) in [5, 5.41) is 7.86. The molecule has 2 N–H and O–H groups in total. The van der Waals surface area contributed by atoms with Crippen molar-refractivity contribution < 1.29 is 9.59 Å². The van der Waals surface area contributed by atoms with Crippen LogP contribution in [0, 0.1) is 19.8 Å². The van der Waals surface area contributed by atoms with Gasteiger partial charge in [-0.05, 0) is 31.4 Å². The summed E-state index contributed by atoms with van der Waals surface area (Å²) in [7, 11) is 0. The van der Waals surface area contributed by atoms with E-state index in [1.165, 1.54) is 0 Å². The van der Waals surface area contributed by atoms with Gasteiger partial charge in [-0.15, -0.1) is 0 Å². The molecule has 0 atom stereocenters. The molecule has 0 aliphatic rings. The molecule has 140 valence electrons. The smallest absolute Gasteiger partial charge is 0.252 e.